The van der Waals surface area contributed by atoms with Gasteiger partial charge in [-0.1, -0.05) is 6.07 Å². The third-order valence-electron chi connectivity index (χ3n) is 2.76. The first kappa shape index (κ1) is 13.4. The normalized spacial score (nSPS) is 9.95. The van der Waals surface area contributed by atoms with Crippen molar-refractivity contribution in [1.82, 2.24) is 0 Å². The first-order chi connectivity index (χ1) is 9.19. The maximum atomic E-state index is 8.49. The highest BCUT2D eigenvalue weighted by atomic mass is 32.1. The van der Waals surface area contributed by atoms with E-state index in [0.29, 0.717) is 5.75 Å². The van der Waals surface area contributed by atoms with E-state index < -0.39 is 0 Å². The van der Waals surface area contributed by atoms with Crippen molar-refractivity contribution >= 4 is 17.0 Å². The first-order valence-electron chi connectivity index (χ1n) is 6.08. The van der Waals surface area contributed by atoms with Crippen molar-refractivity contribution in [1.29, 1.82) is 5.26 Å². The van der Waals surface area contributed by atoms with E-state index in [2.05, 4.69) is 25.2 Å². The molecule has 2 aromatic rings. The second-order valence-corrected chi connectivity index (χ2v) is 5.73. The van der Waals surface area contributed by atoms with Gasteiger partial charge in [-0.25, -0.2) is 0 Å². The molecule has 4 heteroatoms. The highest BCUT2D eigenvalue weighted by Gasteiger charge is 2.03. The summed E-state index contributed by atoms with van der Waals surface area (Å²) in [6, 6.07) is 11.8. The van der Waals surface area contributed by atoms with Crippen LogP contribution in [-0.4, -0.2) is 6.61 Å². The fraction of sp³-hybridized carbons (Fsp3) is 0.267. The zero-order valence-electron chi connectivity index (χ0n) is 11.1. The zero-order chi connectivity index (χ0) is 13.7. The van der Waals surface area contributed by atoms with E-state index in [1.165, 1.54) is 15.3 Å². The van der Waals surface area contributed by atoms with Gasteiger partial charge in [0.25, 0.3) is 0 Å². The van der Waals surface area contributed by atoms with E-state index in [1.54, 1.807) is 0 Å². The molecule has 1 N–H and O–H groups in total. The molecule has 0 aliphatic rings. The van der Waals surface area contributed by atoms with Gasteiger partial charge in [-0.15, -0.1) is 11.3 Å². The van der Waals surface area contributed by atoms with Gasteiger partial charge in [-0.3, -0.25) is 0 Å². The number of anilines is 1. The Morgan fingerprint density at radius 3 is 2.84 bits per heavy atom. The molecule has 98 valence electrons. The lowest BCUT2D eigenvalue weighted by molar-refractivity contribution is 0.368. The predicted octanol–water partition coefficient (Wildman–Crippen LogP) is 3.88. The molecule has 19 heavy (non-hydrogen) atoms. The smallest absolute Gasteiger partial charge is 0.174 e. The van der Waals surface area contributed by atoms with Crippen molar-refractivity contribution in [2.75, 3.05) is 11.9 Å². The lowest BCUT2D eigenvalue weighted by atomic mass is 10.2. The van der Waals surface area contributed by atoms with Crippen molar-refractivity contribution in [2.45, 2.75) is 20.4 Å². The minimum absolute atomic E-state index is 0.0757. The van der Waals surface area contributed by atoms with Crippen LogP contribution >= 0.6 is 11.3 Å². The molecule has 0 aliphatic carbocycles. The molecule has 0 spiro atoms. The lowest BCUT2D eigenvalue weighted by Crippen LogP contribution is -2.00. The van der Waals surface area contributed by atoms with Gasteiger partial charge in [0, 0.05) is 28.1 Å². The molecule has 0 radical (unpaired) electrons. The van der Waals surface area contributed by atoms with Crippen LogP contribution in [0.2, 0.25) is 0 Å². The molecule has 2 rings (SSSR count). The Morgan fingerprint density at radius 2 is 2.16 bits per heavy atom. The quantitative estimate of drug-likeness (QED) is 0.898. The highest BCUT2D eigenvalue weighted by Crippen LogP contribution is 2.23. The van der Waals surface area contributed by atoms with Gasteiger partial charge in [0.05, 0.1) is 0 Å². The van der Waals surface area contributed by atoms with Crippen molar-refractivity contribution in [3.8, 4) is 11.8 Å². The van der Waals surface area contributed by atoms with Gasteiger partial charge >= 0.3 is 0 Å². The van der Waals surface area contributed by atoms with Crippen molar-refractivity contribution in [3.05, 3.63) is 45.6 Å². The van der Waals surface area contributed by atoms with Crippen LogP contribution in [0.25, 0.3) is 0 Å². The largest absolute Gasteiger partial charge is 0.479 e. The summed E-state index contributed by atoms with van der Waals surface area (Å²) in [5.74, 6) is 0.713. The van der Waals surface area contributed by atoms with Crippen LogP contribution < -0.4 is 10.1 Å². The van der Waals surface area contributed by atoms with Gasteiger partial charge in [-0.2, -0.15) is 5.26 Å². The lowest BCUT2D eigenvalue weighted by Gasteiger charge is -2.08. The molecule has 0 saturated carbocycles. The van der Waals surface area contributed by atoms with Gasteiger partial charge in [-0.05, 0) is 37.6 Å². The Balaban J connectivity index is 1.99. The van der Waals surface area contributed by atoms with Crippen LogP contribution in [0.4, 0.5) is 5.69 Å². The van der Waals surface area contributed by atoms with E-state index >= 15 is 0 Å². The van der Waals surface area contributed by atoms with Crippen molar-refractivity contribution in [3.63, 3.8) is 0 Å². The van der Waals surface area contributed by atoms with Crippen molar-refractivity contribution < 1.29 is 4.74 Å². The van der Waals surface area contributed by atoms with E-state index in [-0.39, 0.29) is 6.61 Å². The molecular weight excluding hydrogens is 256 g/mol. The first-order valence-corrected chi connectivity index (χ1v) is 6.90. The molecule has 1 aromatic heterocycles. The van der Waals surface area contributed by atoms with E-state index in [0.717, 1.165) is 12.2 Å². The molecule has 0 atom stereocenters. The van der Waals surface area contributed by atoms with Gasteiger partial charge < -0.3 is 10.1 Å². The summed E-state index contributed by atoms with van der Waals surface area (Å²) < 4.78 is 5.28. The zero-order valence-corrected chi connectivity index (χ0v) is 11.9. The highest BCUT2D eigenvalue weighted by molar-refractivity contribution is 7.12. The van der Waals surface area contributed by atoms with Crippen LogP contribution in [0.1, 0.15) is 15.3 Å². The van der Waals surface area contributed by atoms with Crippen LogP contribution in [0, 0.1) is 25.2 Å². The number of rotatable bonds is 5. The molecule has 0 fully saturated rings. The molecular formula is C15H16N2OS. The summed E-state index contributed by atoms with van der Waals surface area (Å²) in [7, 11) is 0. The van der Waals surface area contributed by atoms with Gasteiger partial charge in [0.15, 0.2) is 6.61 Å². The molecule has 0 aliphatic heterocycles. The summed E-state index contributed by atoms with van der Waals surface area (Å²) in [5, 5.41) is 11.9. The molecule has 0 saturated heterocycles. The molecule has 0 bridgehead atoms. The topological polar surface area (TPSA) is 45.0 Å². The number of ether oxygens (including phenoxy) is 1. The fourth-order valence-electron chi connectivity index (χ4n) is 1.87. The number of hydrogen-bond acceptors (Lipinski definition) is 4. The summed E-state index contributed by atoms with van der Waals surface area (Å²) >= 11 is 1.82. The second-order valence-electron chi connectivity index (χ2n) is 4.27. The Bertz CT molecular complexity index is 598. The Morgan fingerprint density at radius 1 is 1.32 bits per heavy atom. The van der Waals surface area contributed by atoms with E-state index in [4.69, 9.17) is 10.00 Å². The number of hydrogen-bond donors (Lipinski definition) is 1. The third kappa shape index (κ3) is 3.73. The molecule has 0 amide bonds. The molecule has 0 unspecified atom stereocenters. The Hall–Kier alpha value is -1.99. The number of benzene rings is 1. The summed E-state index contributed by atoms with van der Waals surface area (Å²) in [6.07, 6.45) is 0. The Kier molecular flexibility index (Phi) is 4.43. The Labute approximate surface area is 117 Å². The molecule has 1 heterocycles. The summed E-state index contributed by atoms with van der Waals surface area (Å²) in [4.78, 5) is 2.68. The van der Waals surface area contributed by atoms with Crippen LogP contribution in [0.15, 0.2) is 30.3 Å². The number of aryl methyl sites for hydroxylation is 2. The minimum atomic E-state index is 0.0757. The number of nitrogens with zero attached hydrogens (tertiary/aromatic N) is 1. The maximum absolute atomic E-state index is 8.49. The van der Waals surface area contributed by atoms with Gasteiger partial charge in [0.1, 0.15) is 11.8 Å². The maximum Gasteiger partial charge on any atom is 0.174 e. The van der Waals surface area contributed by atoms with Crippen molar-refractivity contribution in [2.24, 2.45) is 0 Å². The molecule has 1 aromatic carbocycles. The standard InChI is InChI=1S/C15H16N2OS/c1-11-8-13(12(2)19-11)10-17-14-4-3-5-15(9-14)18-7-6-16/h3-5,8-9,17H,7,10H2,1-2H3. The number of nitriles is 1. The fourth-order valence-corrected chi connectivity index (χ4v) is 2.81. The van der Waals surface area contributed by atoms with Crippen LogP contribution in [0.5, 0.6) is 5.75 Å². The van der Waals surface area contributed by atoms with Gasteiger partial charge in [0.2, 0.25) is 0 Å². The van der Waals surface area contributed by atoms with Crippen LogP contribution in [-0.2, 0) is 6.54 Å². The van der Waals surface area contributed by atoms with E-state index in [9.17, 15) is 0 Å². The van der Waals surface area contributed by atoms with E-state index in [1.807, 2.05) is 41.7 Å². The summed E-state index contributed by atoms with van der Waals surface area (Å²) in [5.41, 5.74) is 2.32. The second kappa shape index (κ2) is 6.26. The SMILES string of the molecule is Cc1cc(CNc2cccc(OCC#N)c2)c(C)s1. The number of nitrogens with one attached hydrogen (secondary N) is 1. The number of thiophene rings is 1. The average molecular weight is 272 g/mol. The monoisotopic (exact) mass is 272 g/mol. The van der Waals surface area contributed by atoms with Crippen LogP contribution in [0.3, 0.4) is 0 Å². The average Bonchev–Trinajstić information content (AvgIpc) is 2.73. The third-order valence-corrected chi connectivity index (χ3v) is 3.77. The summed E-state index contributed by atoms with van der Waals surface area (Å²) in [6.45, 7) is 5.14. The predicted molar refractivity (Wildman–Crippen MR) is 78.7 cm³/mol. The molecule has 3 nitrogen and oxygen atoms in total. The minimum Gasteiger partial charge on any atom is -0.479 e.